The molecule has 0 unspecified atom stereocenters. The van der Waals surface area contributed by atoms with E-state index in [1.807, 2.05) is 18.2 Å². The molecular formula is C9H10N2O2. The number of nitrogens with zero attached hydrogens (tertiary/aromatic N) is 1. The second-order valence-corrected chi connectivity index (χ2v) is 2.78. The molecule has 0 fully saturated rings. The molecular weight excluding hydrogens is 168 g/mol. The first-order valence-corrected chi connectivity index (χ1v) is 4.11. The Balaban J connectivity index is 2.71. The summed E-state index contributed by atoms with van der Waals surface area (Å²) in [5.74, 6) is -0.341. The minimum atomic E-state index is -0.341. The molecule has 0 atom stereocenters. The van der Waals surface area contributed by atoms with Gasteiger partial charge in [0, 0.05) is 13.1 Å². The van der Waals surface area contributed by atoms with Gasteiger partial charge in [-0.15, -0.1) is 0 Å². The van der Waals surface area contributed by atoms with Crippen LogP contribution in [0.1, 0.15) is 0 Å². The Labute approximate surface area is 74.6 Å². The molecule has 0 aliphatic rings. The second kappa shape index (κ2) is 3.06. The zero-order chi connectivity index (χ0) is 9.26. The lowest BCUT2D eigenvalue weighted by atomic mass is 10.3. The number of hydrogen-bond acceptors (Lipinski definition) is 3. The van der Waals surface area contributed by atoms with Crippen molar-refractivity contribution in [2.75, 3.05) is 6.54 Å². The first kappa shape index (κ1) is 8.07. The average molecular weight is 178 g/mol. The van der Waals surface area contributed by atoms with Crippen LogP contribution in [0, 0.1) is 0 Å². The average Bonchev–Trinajstić information content (AvgIpc) is 2.44. The Morgan fingerprint density at radius 1 is 1.38 bits per heavy atom. The Hall–Kier alpha value is -1.55. The lowest BCUT2D eigenvalue weighted by molar-refractivity contribution is 0.507. The van der Waals surface area contributed by atoms with Gasteiger partial charge in [0.1, 0.15) is 0 Å². The van der Waals surface area contributed by atoms with E-state index in [0.717, 1.165) is 5.52 Å². The SMILES string of the molecule is NCCn1c(=O)oc2ccccc21. The Morgan fingerprint density at radius 2 is 2.15 bits per heavy atom. The molecule has 2 aromatic rings. The maximum Gasteiger partial charge on any atom is 0.419 e. The minimum absolute atomic E-state index is 0.341. The summed E-state index contributed by atoms with van der Waals surface area (Å²) in [5.41, 5.74) is 6.79. The van der Waals surface area contributed by atoms with E-state index >= 15 is 0 Å². The number of benzene rings is 1. The van der Waals surface area contributed by atoms with Gasteiger partial charge in [-0.1, -0.05) is 12.1 Å². The quantitative estimate of drug-likeness (QED) is 0.730. The smallest absolute Gasteiger partial charge is 0.408 e. The lowest BCUT2D eigenvalue weighted by Crippen LogP contribution is -2.19. The zero-order valence-corrected chi connectivity index (χ0v) is 7.06. The van der Waals surface area contributed by atoms with Crippen molar-refractivity contribution in [3.05, 3.63) is 34.8 Å². The van der Waals surface area contributed by atoms with Crippen LogP contribution in [-0.2, 0) is 6.54 Å². The third-order valence-electron chi connectivity index (χ3n) is 1.93. The molecule has 0 saturated carbocycles. The van der Waals surface area contributed by atoms with Gasteiger partial charge in [-0.2, -0.15) is 0 Å². The molecule has 2 N–H and O–H groups in total. The molecule has 1 heterocycles. The normalized spacial score (nSPS) is 10.8. The van der Waals surface area contributed by atoms with E-state index in [4.69, 9.17) is 10.2 Å². The van der Waals surface area contributed by atoms with E-state index in [1.54, 1.807) is 6.07 Å². The molecule has 0 amide bonds. The summed E-state index contributed by atoms with van der Waals surface area (Å²) in [6.45, 7) is 0.930. The molecule has 4 heteroatoms. The number of nitrogens with two attached hydrogens (primary N) is 1. The van der Waals surface area contributed by atoms with Crippen molar-refractivity contribution in [1.82, 2.24) is 4.57 Å². The van der Waals surface area contributed by atoms with Crippen LogP contribution in [-0.4, -0.2) is 11.1 Å². The molecule has 0 aliphatic heterocycles. The third-order valence-corrected chi connectivity index (χ3v) is 1.93. The molecule has 1 aromatic carbocycles. The molecule has 2 rings (SSSR count). The topological polar surface area (TPSA) is 61.2 Å². The predicted octanol–water partition coefficient (Wildman–Crippen LogP) is 0.553. The van der Waals surface area contributed by atoms with Gasteiger partial charge < -0.3 is 10.2 Å². The van der Waals surface area contributed by atoms with Crippen LogP contribution in [0.2, 0.25) is 0 Å². The van der Waals surface area contributed by atoms with Crippen LogP contribution in [0.5, 0.6) is 0 Å². The van der Waals surface area contributed by atoms with Crippen LogP contribution in [0.4, 0.5) is 0 Å². The highest BCUT2D eigenvalue weighted by Crippen LogP contribution is 2.10. The highest BCUT2D eigenvalue weighted by molar-refractivity contribution is 5.72. The van der Waals surface area contributed by atoms with Gasteiger partial charge in [0.05, 0.1) is 5.52 Å². The first-order chi connectivity index (χ1) is 6.33. The van der Waals surface area contributed by atoms with Crippen LogP contribution in [0.15, 0.2) is 33.5 Å². The molecule has 13 heavy (non-hydrogen) atoms. The summed E-state index contributed by atoms with van der Waals surface area (Å²) in [6.07, 6.45) is 0. The van der Waals surface area contributed by atoms with Crippen LogP contribution in [0.25, 0.3) is 11.1 Å². The largest absolute Gasteiger partial charge is 0.419 e. The fourth-order valence-electron chi connectivity index (χ4n) is 1.35. The highest BCUT2D eigenvalue weighted by Gasteiger charge is 2.05. The van der Waals surface area contributed by atoms with Gasteiger partial charge in [0.15, 0.2) is 5.58 Å². The fraction of sp³-hybridized carbons (Fsp3) is 0.222. The van der Waals surface area contributed by atoms with Crippen molar-refractivity contribution in [3.8, 4) is 0 Å². The monoisotopic (exact) mass is 178 g/mol. The Bertz CT molecular complexity index is 470. The highest BCUT2D eigenvalue weighted by atomic mass is 16.4. The van der Waals surface area contributed by atoms with Gasteiger partial charge in [-0.25, -0.2) is 4.79 Å². The summed E-state index contributed by atoms with van der Waals surface area (Å²) in [7, 11) is 0. The molecule has 0 aliphatic carbocycles. The van der Waals surface area contributed by atoms with Crippen molar-refractivity contribution < 1.29 is 4.42 Å². The summed E-state index contributed by atoms with van der Waals surface area (Å²) >= 11 is 0. The maximum absolute atomic E-state index is 11.3. The zero-order valence-electron chi connectivity index (χ0n) is 7.06. The molecule has 0 bridgehead atoms. The molecule has 0 saturated heterocycles. The molecule has 4 nitrogen and oxygen atoms in total. The number of aromatic nitrogens is 1. The number of fused-ring (bicyclic) bond motifs is 1. The number of oxazole rings is 1. The van der Waals surface area contributed by atoms with Gasteiger partial charge in [0.25, 0.3) is 0 Å². The van der Waals surface area contributed by atoms with Crippen molar-refractivity contribution in [1.29, 1.82) is 0 Å². The summed E-state index contributed by atoms with van der Waals surface area (Å²) in [5, 5.41) is 0. The third kappa shape index (κ3) is 1.25. The Kier molecular flexibility index (Phi) is 1.90. The maximum atomic E-state index is 11.3. The van der Waals surface area contributed by atoms with Gasteiger partial charge in [-0.3, -0.25) is 4.57 Å². The second-order valence-electron chi connectivity index (χ2n) is 2.78. The molecule has 1 aromatic heterocycles. The van der Waals surface area contributed by atoms with Crippen LogP contribution >= 0.6 is 0 Å². The Morgan fingerprint density at radius 3 is 2.92 bits per heavy atom. The standard InChI is InChI=1S/C9H10N2O2/c10-5-6-11-7-3-1-2-4-8(7)13-9(11)12/h1-4H,5-6,10H2. The van der Waals surface area contributed by atoms with Crippen LogP contribution < -0.4 is 11.5 Å². The van der Waals surface area contributed by atoms with E-state index in [2.05, 4.69) is 0 Å². The lowest BCUT2D eigenvalue weighted by Gasteiger charge is -1.96. The summed E-state index contributed by atoms with van der Waals surface area (Å²) in [6, 6.07) is 7.31. The fourth-order valence-corrected chi connectivity index (χ4v) is 1.35. The van der Waals surface area contributed by atoms with Gasteiger partial charge in [-0.05, 0) is 12.1 Å². The van der Waals surface area contributed by atoms with E-state index in [-0.39, 0.29) is 5.76 Å². The summed E-state index contributed by atoms with van der Waals surface area (Å²) in [4.78, 5) is 11.3. The van der Waals surface area contributed by atoms with E-state index in [0.29, 0.717) is 18.7 Å². The van der Waals surface area contributed by atoms with Crippen molar-refractivity contribution in [3.63, 3.8) is 0 Å². The van der Waals surface area contributed by atoms with Gasteiger partial charge >= 0.3 is 5.76 Å². The van der Waals surface area contributed by atoms with E-state index < -0.39 is 0 Å². The van der Waals surface area contributed by atoms with Crippen molar-refractivity contribution in [2.24, 2.45) is 5.73 Å². The molecule has 0 radical (unpaired) electrons. The molecule has 0 spiro atoms. The number of rotatable bonds is 2. The first-order valence-electron chi connectivity index (χ1n) is 4.11. The van der Waals surface area contributed by atoms with E-state index in [1.165, 1.54) is 4.57 Å². The summed E-state index contributed by atoms with van der Waals surface area (Å²) < 4.78 is 6.54. The van der Waals surface area contributed by atoms with Crippen molar-refractivity contribution in [2.45, 2.75) is 6.54 Å². The predicted molar refractivity (Wildman–Crippen MR) is 49.5 cm³/mol. The van der Waals surface area contributed by atoms with Crippen molar-refractivity contribution >= 4 is 11.1 Å². The van der Waals surface area contributed by atoms with E-state index in [9.17, 15) is 4.79 Å². The van der Waals surface area contributed by atoms with Crippen LogP contribution in [0.3, 0.4) is 0 Å². The minimum Gasteiger partial charge on any atom is -0.408 e. The molecule has 68 valence electrons. The number of para-hydroxylation sites is 2. The van der Waals surface area contributed by atoms with Gasteiger partial charge in [0.2, 0.25) is 0 Å². The number of hydrogen-bond donors (Lipinski definition) is 1.